The van der Waals surface area contributed by atoms with Crippen molar-refractivity contribution in [3.8, 4) is 16.8 Å². The van der Waals surface area contributed by atoms with Gasteiger partial charge < -0.3 is 14.0 Å². The van der Waals surface area contributed by atoms with Gasteiger partial charge in [-0.25, -0.2) is 0 Å². The number of allylic oxidation sites excluding steroid dienone is 8. The van der Waals surface area contributed by atoms with E-state index in [0.717, 1.165) is 45.8 Å². The second-order valence-electron chi connectivity index (χ2n) is 16.7. The fourth-order valence-electron chi connectivity index (χ4n) is 10.0. The molecule has 1 atom stereocenters. The third-order valence-electron chi connectivity index (χ3n) is 12.9. The number of benzene rings is 8. The fraction of sp³-hybridized carbons (Fsp3) is 0.0508. The van der Waals surface area contributed by atoms with E-state index in [1.54, 1.807) is 0 Å². The van der Waals surface area contributed by atoms with E-state index in [-0.39, 0.29) is 0 Å². The third kappa shape index (κ3) is 5.73. The Hall–Kier alpha value is -7.88. The number of nitrogens with zero attached hydrogens (tertiary/aromatic N) is 3. The largest absolute Gasteiger partial charge is 0.316 e. The molecular formula is C59H43N3. The lowest BCUT2D eigenvalue weighted by molar-refractivity contribution is 0.730. The molecule has 0 fully saturated rings. The molecule has 0 amide bonds. The van der Waals surface area contributed by atoms with Crippen LogP contribution < -0.4 is 4.90 Å². The van der Waals surface area contributed by atoms with E-state index in [2.05, 4.69) is 240 Å². The Labute approximate surface area is 361 Å². The molecular weight excluding hydrogens is 751 g/mol. The van der Waals surface area contributed by atoms with E-state index in [0.29, 0.717) is 5.92 Å². The van der Waals surface area contributed by atoms with Crippen LogP contribution in [0.15, 0.2) is 219 Å². The van der Waals surface area contributed by atoms with E-state index in [1.165, 1.54) is 71.2 Å². The third-order valence-corrected chi connectivity index (χ3v) is 12.9. The van der Waals surface area contributed by atoms with Gasteiger partial charge in [0.15, 0.2) is 0 Å². The second-order valence-corrected chi connectivity index (χ2v) is 16.7. The van der Waals surface area contributed by atoms with Crippen LogP contribution in [0.4, 0.5) is 11.4 Å². The molecule has 1 unspecified atom stereocenters. The number of hydrogen-bond donors (Lipinski definition) is 0. The van der Waals surface area contributed by atoms with Crippen LogP contribution in [0.2, 0.25) is 0 Å². The number of fused-ring (bicyclic) bond motifs is 9. The standard InChI is InChI=1S/C59H43N3/c1-39-14-12-19-47(36-39)61-55-24-11-9-22-51(55)58-57(61)33-31-50-52-38-44(28-32-56(52)62(59(50)58)46-29-26-42(27-30-46)41-15-4-3-5-16-41)45-34-35-60(53-23-10-8-20-48(53)40(2)37-45)54-25-13-18-43-17-6-7-21-49(43)54/h3-35,37-39H,2,36H2,1H3/b35-34-,45-37+. The minimum atomic E-state index is 0.475. The molecule has 3 heterocycles. The molecule has 3 nitrogen and oxygen atoms in total. The van der Waals surface area contributed by atoms with Gasteiger partial charge >= 0.3 is 0 Å². The summed E-state index contributed by atoms with van der Waals surface area (Å²) in [4.78, 5) is 2.32. The summed E-state index contributed by atoms with van der Waals surface area (Å²) in [6.45, 7) is 6.97. The first-order valence-electron chi connectivity index (χ1n) is 21.6. The van der Waals surface area contributed by atoms with Gasteiger partial charge in [0.25, 0.3) is 0 Å². The maximum absolute atomic E-state index is 4.66. The number of anilines is 2. The van der Waals surface area contributed by atoms with E-state index in [4.69, 9.17) is 0 Å². The summed E-state index contributed by atoms with van der Waals surface area (Å²) in [6.07, 6.45) is 14.6. The molecule has 0 N–H and O–H groups in total. The highest BCUT2D eigenvalue weighted by Crippen LogP contribution is 2.45. The molecule has 294 valence electrons. The Morgan fingerprint density at radius 1 is 0.548 bits per heavy atom. The molecule has 1 aliphatic carbocycles. The van der Waals surface area contributed by atoms with Crippen molar-refractivity contribution in [2.75, 3.05) is 4.90 Å². The average Bonchev–Trinajstić information content (AvgIpc) is 3.84. The lowest BCUT2D eigenvalue weighted by Gasteiger charge is -2.27. The van der Waals surface area contributed by atoms with E-state index in [1.807, 2.05) is 0 Å². The Balaban J connectivity index is 1.09. The Morgan fingerprint density at radius 2 is 1.24 bits per heavy atom. The van der Waals surface area contributed by atoms with Crippen molar-refractivity contribution in [3.05, 3.63) is 230 Å². The first-order valence-corrected chi connectivity index (χ1v) is 21.6. The second kappa shape index (κ2) is 14.4. The summed E-state index contributed by atoms with van der Waals surface area (Å²) < 4.78 is 5.01. The molecule has 0 radical (unpaired) electrons. The zero-order valence-electron chi connectivity index (χ0n) is 34.5. The maximum atomic E-state index is 4.66. The number of hydrogen-bond acceptors (Lipinski definition) is 1. The van der Waals surface area contributed by atoms with Gasteiger partial charge in [-0.15, -0.1) is 0 Å². The predicted octanol–water partition coefficient (Wildman–Crippen LogP) is 15.9. The highest BCUT2D eigenvalue weighted by atomic mass is 15.1. The molecule has 0 saturated carbocycles. The van der Waals surface area contributed by atoms with Gasteiger partial charge in [0.2, 0.25) is 0 Å². The van der Waals surface area contributed by atoms with Crippen molar-refractivity contribution in [3.63, 3.8) is 0 Å². The van der Waals surface area contributed by atoms with Crippen LogP contribution in [-0.4, -0.2) is 9.13 Å². The molecule has 62 heavy (non-hydrogen) atoms. The SMILES string of the molecule is C=C1/C=C(c2ccc3c(c2)c2ccc4c(c5ccccc5n4C4=CC=CC(C)C4)c2n3-c2ccc(-c3ccccc3)cc2)\C=C/N(c2cccc3ccccc23)c2ccccc21. The van der Waals surface area contributed by atoms with Crippen molar-refractivity contribution in [1.29, 1.82) is 0 Å². The zero-order chi connectivity index (χ0) is 41.3. The summed E-state index contributed by atoms with van der Waals surface area (Å²) >= 11 is 0. The van der Waals surface area contributed by atoms with Crippen LogP contribution >= 0.6 is 0 Å². The highest BCUT2D eigenvalue weighted by Gasteiger charge is 2.24. The van der Waals surface area contributed by atoms with E-state index in [9.17, 15) is 0 Å². The van der Waals surface area contributed by atoms with Gasteiger partial charge in [0, 0.05) is 50.1 Å². The summed E-state index contributed by atoms with van der Waals surface area (Å²) in [6, 6.07) is 64.2. The Bertz CT molecular complexity index is 3560. The van der Waals surface area contributed by atoms with Crippen LogP contribution in [0.5, 0.6) is 0 Å². The van der Waals surface area contributed by atoms with Crippen LogP contribution in [0.1, 0.15) is 24.5 Å². The topological polar surface area (TPSA) is 13.1 Å². The lowest BCUT2D eigenvalue weighted by Crippen LogP contribution is -2.12. The molecule has 0 bridgehead atoms. The molecule has 0 spiro atoms. The van der Waals surface area contributed by atoms with Gasteiger partial charge in [-0.1, -0.05) is 153 Å². The van der Waals surface area contributed by atoms with Crippen LogP contribution in [0, 0.1) is 5.92 Å². The molecule has 3 heteroatoms. The van der Waals surface area contributed by atoms with Gasteiger partial charge in [-0.2, -0.15) is 0 Å². The molecule has 12 rings (SSSR count). The smallest absolute Gasteiger partial charge is 0.0641 e. The molecule has 8 aromatic carbocycles. The molecule has 0 saturated heterocycles. The Morgan fingerprint density at radius 3 is 2.11 bits per heavy atom. The lowest BCUT2D eigenvalue weighted by atomic mass is 9.95. The van der Waals surface area contributed by atoms with E-state index >= 15 is 0 Å². The van der Waals surface area contributed by atoms with Gasteiger partial charge in [-0.3, -0.25) is 0 Å². The summed E-state index contributed by atoms with van der Waals surface area (Å²) in [7, 11) is 0. The highest BCUT2D eigenvalue weighted by molar-refractivity contribution is 6.26. The van der Waals surface area contributed by atoms with E-state index < -0.39 is 0 Å². The Kier molecular flexibility index (Phi) is 8.36. The van der Waals surface area contributed by atoms with Crippen molar-refractivity contribution < 1.29 is 0 Å². The number of rotatable bonds is 5. The molecule has 1 aliphatic heterocycles. The van der Waals surface area contributed by atoms with Crippen molar-refractivity contribution in [2.45, 2.75) is 13.3 Å². The molecule has 2 aromatic heterocycles. The van der Waals surface area contributed by atoms with Crippen LogP contribution in [-0.2, 0) is 0 Å². The minimum absolute atomic E-state index is 0.475. The van der Waals surface area contributed by atoms with Crippen LogP contribution in [0.25, 0.3) is 88.0 Å². The van der Waals surface area contributed by atoms with Gasteiger partial charge in [-0.05, 0) is 112 Å². The minimum Gasteiger partial charge on any atom is -0.316 e. The molecule has 10 aromatic rings. The maximum Gasteiger partial charge on any atom is 0.0641 e. The first-order chi connectivity index (χ1) is 30.6. The van der Waals surface area contributed by atoms with Crippen molar-refractivity contribution in [2.24, 2.45) is 5.92 Å². The molecule has 2 aliphatic rings. The zero-order valence-corrected chi connectivity index (χ0v) is 34.5. The van der Waals surface area contributed by atoms with Crippen LogP contribution in [0.3, 0.4) is 0 Å². The quantitative estimate of drug-likeness (QED) is 0.169. The van der Waals surface area contributed by atoms with Crippen molar-refractivity contribution in [1.82, 2.24) is 9.13 Å². The summed E-state index contributed by atoms with van der Waals surface area (Å²) in [5, 5.41) is 7.39. The average molecular weight is 794 g/mol. The van der Waals surface area contributed by atoms with Gasteiger partial charge in [0.1, 0.15) is 0 Å². The number of para-hydroxylation sites is 2. The fourth-order valence-corrected chi connectivity index (χ4v) is 10.0. The first kappa shape index (κ1) is 36.0. The summed E-state index contributed by atoms with van der Waals surface area (Å²) in [5.74, 6) is 0.475. The normalized spacial score (nSPS) is 16.7. The van der Waals surface area contributed by atoms with Crippen molar-refractivity contribution >= 4 is 82.6 Å². The monoisotopic (exact) mass is 793 g/mol. The summed E-state index contributed by atoms with van der Waals surface area (Å²) in [5.41, 5.74) is 16.3. The predicted molar refractivity (Wildman–Crippen MR) is 265 cm³/mol. The number of aromatic nitrogens is 2. The van der Waals surface area contributed by atoms with Gasteiger partial charge in [0.05, 0.1) is 33.4 Å².